The van der Waals surface area contributed by atoms with E-state index in [1.54, 1.807) is 0 Å². The SMILES string of the molecule is CC(C)(C)OC(=O)NCC1=C[C@H]2[C@@H](C1=O)[C@@H]1C=C[C@H]2C1. The number of nitrogens with one attached hydrogen (secondary N) is 1. The maximum Gasteiger partial charge on any atom is 0.407 e. The van der Waals surface area contributed by atoms with Gasteiger partial charge in [-0.2, -0.15) is 0 Å². The number of amides is 1. The van der Waals surface area contributed by atoms with Gasteiger partial charge in [0, 0.05) is 18.0 Å². The molecule has 0 aromatic rings. The van der Waals surface area contributed by atoms with Crippen LogP contribution in [0.1, 0.15) is 27.2 Å². The van der Waals surface area contributed by atoms with Crippen LogP contribution in [0.15, 0.2) is 23.8 Å². The molecule has 1 fully saturated rings. The fourth-order valence-corrected chi connectivity index (χ4v) is 3.61. The van der Waals surface area contributed by atoms with Crippen LogP contribution in [0, 0.1) is 23.7 Å². The molecule has 108 valence electrons. The number of carbonyl (C=O) groups excluding carboxylic acids is 2. The third-order valence-electron chi connectivity index (χ3n) is 4.36. The average molecular weight is 275 g/mol. The van der Waals surface area contributed by atoms with E-state index in [-0.39, 0.29) is 18.2 Å². The van der Waals surface area contributed by atoms with Crippen LogP contribution in [0.4, 0.5) is 4.79 Å². The Bertz CT molecular complexity index is 512. The molecule has 3 aliphatic rings. The van der Waals surface area contributed by atoms with Gasteiger partial charge in [0.05, 0.1) is 0 Å². The van der Waals surface area contributed by atoms with Gasteiger partial charge in [0.2, 0.25) is 0 Å². The first-order valence-corrected chi connectivity index (χ1v) is 7.25. The van der Waals surface area contributed by atoms with Gasteiger partial charge >= 0.3 is 6.09 Å². The Morgan fingerprint density at radius 3 is 2.70 bits per heavy atom. The average Bonchev–Trinajstić information content (AvgIpc) is 2.97. The van der Waals surface area contributed by atoms with Crippen LogP contribution in [-0.2, 0) is 9.53 Å². The van der Waals surface area contributed by atoms with Gasteiger partial charge in [-0.25, -0.2) is 4.79 Å². The van der Waals surface area contributed by atoms with E-state index in [1.807, 2.05) is 20.8 Å². The van der Waals surface area contributed by atoms with Gasteiger partial charge in [0.1, 0.15) is 5.60 Å². The topological polar surface area (TPSA) is 55.4 Å². The van der Waals surface area contributed by atoms with Crippen molar-refractivity contribution in [2.45, 2.75) is 32.8 Å². The van der Waals surface area contributed by atoms with Gasteiger partial charge in [0.15, 0.2) is 5.78 Å². The molecule has 0 spiro atoms. The summed E-state index contributed by atoms with van der Waals surface area (Å²) in [5.41, 5.74) is 0.224. The van der Waals surface area contributed by atoms with Gasteiger partial charge in [-0.1, -0.05) is 18.2 Å². The van der Waals surface area contributed by atoms with Crippen LogP contribution >= 0.6 is 0 Å². The number of alkyl carbamates (subject to hydrolysis) is 1. The molecular formula is C16H21NO3. The normalized spacial score (nSPS) is 34.1. The van der Waals surface area contributed by atoms with E-state index >= 15 is 0 Å². The van der Waals surface area contributed by atoms with Crippen molar-refractivity contribution < 1.29 is 14.3 Å². The molecule has 0 unspecified atom stereocenters. The Kier molecular flexibility index (Phi) is 3.00. The zero-order chi connectivity index (χ0) is 14.5. The Morgan fingerprint density at radius 1 is 1.35 bits per heavy atom. The first-order chi connectivity index (χ1) is 9.35. The van der Waals surface area contributed by atoms with Gasteiger partial charge in [0.25, 0.3) is 0 Å². The summed E-state index contributed by atoms with van der Waals surface area (Å²) in [7, 11) is 0. The van der Waals surface area contributed by atoms with Crippen LogP contribution in [0.5, 0.6) is 0 Å². The highest BCUT2D eigenvalue weighted by Gasteiger charge is 2.50. The summed E-state index contributed by atoms with van der Waals surface area (Å²) < 4.78 is 5.18. The lowest BCUT2D eigenvalue weighted by molar-refractivity contribution is -0.119. The molecule has 4 heteroatoms. The van der Waals surface area contributed by atoms with E-state index in [2.05, 4.69) is 23.5 Å². The van der Waals surface area contributed by atoms with Crippen molar-refractivity contribution in [1.29, 1.82) is 0 Å². The van der Waals surface area contributed by atoms with Crippen LogP contribution in [0.25, 0.3) is 0 Å². The Labute approximate surface area is 119 Å². The smallest absolute Gasteiger partial charge is 0.407 e. The maximum atomic E-state index is 12.4. The number of carbonyl (C=O) groups is 2. The summed E-state index contributed by atoms with van der Waals surface area (Å²) in [5, 5.41) is 2.68. The van der Waals surface area contributed by atoms with Gasteiger partial charge < -0.3 is 10.1 Å². The number of rotatable bonds is 2. The number of allylic oxidation sites excluding steroid dienone is 3. The fraction of sp³-hybridized carbons (Fsp3) is 0.625. The molecule has 4 nitrogen and oxygen atoms in total. The molecule has 0 aromatic carbocycles. The Balaban J connectivity index is 1.59. The van der Waals surface area contributed by atoms with E-state index < -0.39 is 11.7 Å². The minimum Gasteiger partial charge on any atom is -0.444 e. The molecule has 1 amide bonds. The first-order valence-electron chi connectivity index (χ1n) is 7.25. The summed E-state index contributed by atoms with van der Waals surface area (Å²) >= 11 is 0. The van der Waals surface area contributed by atoms with Gasteiger partial charge in [-0.15, -0.1) is 0 Å². The number of hydrogen-bond acceptors (Lipinski definition) is 3. The molecule has 3 rings (SSSR count). The Hall–Kier alpha value is -1.58. The zero-order valence-corrected chi connectivity index (χ0v) is 12.2. The van der Waals surface area contributed by atoms with Crippen molar-refractivity contribution in [3.63, 3.8) is 0 Å². The molecule has 1 N–H and O–H groups in total. The Morgan fingerprint density at radius 2 is 2.05 bits per heavy atom. The molecule has 0 radical (unpaired) electrons. The summed E-state index contributed by atoms with van der Waals surface area (Å²) in [6, 6.07) is 0. The third-order valence-corrected chi connectivity index (χ3v) is 4.36. The maximum absolute atomic E-state index is 12.4. The number of ketones is 1. The van der Waals surface area contributed by atoms with Crippen molar-refractivity contribution >= 4 is 11.9 Å². The third kappa shape index (κ3) is 2.28. The minimum absolute atomic E-state index is 0.125. The van der Waals surface area contributed by atoms with E-state index in [9.17, 15) is 9.59 Å². The van der Waals surface area contributed by atoms with Crippen molar-refractivity contribution in [1.82, 2.24) is 5.32 Å². The molecule has 4 atom stereocenters. The lowest BCUT2D eigenvalue weighted by Crippen LogP contribution is -2.34. The second kappa shape index (κ2) is 4.47. The second-order valence-corrected chi connectivity index (χ2v) is 6.96. The highest BCUT2D eigenvalue weighted by atomic mass is 16.6. The van der Waals surface area contributed by atoms with E-state index in [0.29, 0.717) is 17.8 Å². The molecule has 3 aliphatic carbocycles. The predicted octanol–water partition coefficient (Wildman–Crippen LogP) is 2.46. The quantitative estimate of drug-likeness (QED) is 0.788. The molecule has 1 saturated carbocycles. The van der Waals surface area contributed by atoms with Crippen molar-refractivity contribution in [2.24, 2.45) is 23.7 Å². The number of ether oxygens (including phenoxy) is 1. The molecule has 0 heterocycles. The van der Waals surface area contributed by atoms with E-state index in [1.165, 1.54) is 0 Å². The van der Waals surface area contributed by atoms with Gasteiger partial charge in [-0.3, -0.25) is 4.79 Å². The lowest BCUT2D eigenvalue weighted by Gasteiger charge is -2.20. The van der Waals surface area contributed by atoms with E-state index in [0.717, 1.165) is 12.0 Å². The molecular weight excluding hydrogens is 254 g/mol. The van der Waals surface area contributed by atoms with Crippen LogP contribution < -0.4 is 5.32 Å². The molecule has 0 aliphatic heterocycles. The van der Waals surface area contributed by atoms with Crippen molar-refractivity contribution in [3.05, 3.63) is 23.8 Å². The van der Waals surface area contributed by atoms with E-state index in [4.69, 9.17) is 4.74 Å². The molecule has 0 aromatic heterocycles. The fourth-order valence-electron chi connectivity index (χ4n) is 3.61. The predicted molar refractivity (Wildman–Crippen MR) is 75.0 cm³/mol. The summed E-state index contributed by atoms with van der Waals surface area (Å²) in [4.78, 5) is 24.0. The number of fused-ring (bicyclic) bond motifs is 5. The van der Waals surface area contributed by atoms with Crippen molar-refractivity contribution in [3.8, 4) is 0 Å². The highest BCUT2D eigenvalue weighted by Crippen LogP contribution is 2.52. The zero-order valence-electron chi connectivity index (χ0n) is 12.2. The molecule has 2 bridgehead atoms. The second-order valence-electron chi connectivity index (χ2n) is 6.96. The largest absolute Gasteiger partial charge is 0.444 e. The highest BCUT2D eigenvalue weighted by molar-refractivity contribution is 6.01. The minimum atomic E-state index is -0.516. The standard InChI is InChI=1S/C16H21NO3/c1-16(2,3)20-15(19)17-8-11-7-12-9-4-5-10(6-9)13(12)14(11)18/h4-5,7,9-10,12-13H,6,8H2,1-3H3,(H,17,19)/t9-,10+,12+,13-/m0/s1. The lowest BCUT2D eigenvalue weighted by atomic mass is 9.85. The van der Waals surface area contributed by atoms with Gasteiger partial charge in [-0.05, 0) is 44.9 Å². The van der Waals surface area contributed by atoms with Crippen molar-refractivity contribution in [2.75, 3.05) is 6.54 Å². The van der Waals surface area contributed by atoms with Crippen LogP contribution in [0.2, 0.25) is 0 Å². The number of Topliss-reactive ketones (excluding diaryl/α,β-unsaturated/α-hetero) is 1. The number of hydrogen-bond donors (Lipinski definition) is 1. The van der Waals surface area contributed by atoms with Crippen LogP contribution in [0.3, 0.4) is 0 Å². The summed E-state index contributed by atoms with van der Waals surface area (Å²) in [6.45, 7) is 5.74. The van der Waals surface area contributed by atoms with Crippen LogP contribution in [-0.4, -0.2) is 24.0 Å². The first kappa shape index (κ1) is 13.4. The monoisotopic (exact) mass is 275 g/mol. The summed E-state index contributed by atoms with van der Waals surface area (Å²) in [6.07, 6.45) is 7.13. The molecule has 20 heavy (non-hydrogen) atoms. The summed E-state index contributed by atoms with van der Waals surface area (Å²) in [5.74, 6) is 1.62. The molecule has 0 saturated heterocycles.